The first-order valence-corrected chi connectivity index (χ1v) is 13.4. The normalized spacial score (nSPS) is 12.2. The van der Waals surface area contributed by atoms with Crippen LogP contribution in [0, 0.1) is 0 Å². The number of nitrogens with zero attached hydrogens (tertiary/aromatic N) is 5. The van der Waals surface area contributed by atoms with Crippen molar-refractivity contribution in [3.8, 4) is 0 Å². The average Bonchev–Trinajstić information content (AvgIpc) is 2.95. The van der Waals surface area contributed by atoms with Crippen LogP contribution in [0.4, 0.5) is 0 Å². The molecule has 0 aliphatic carbocycles. The summed E-state index contributed by atoms with van der Waals surface area (Å²) in [4.78, 5) is 72.2. The number of amides is 4. The highest BCUT2D eigenvalue weighted by Crippen LogP contribution is 2.06. The predicted molar refractivity (Wildman–Crippen MR) is 156 cm³/mol. The Hall–Kier alpha value is -5.04. The third-order valence-electron chi connectivity index (χ3n) is 5.57. The molecule has 0 heterocycles. The predicted octanol–water partition coefficient (Wildman–Crippen LogP) is -4.31. The number of carboxylic acids is 1. The van der Waals surface area contributed by atoms with Gasteiger partial charge in [0, 0.05) is 13.1 Å². The van der Waals surface area contributed by atoms with Crippen molar-refractivity contribution < 1.29 is 29.1 Å². The highest BCUT2D eigenvalue weighted by atomic mass is 16.4. The minimum Gasteiger partial charge on any atom is -0.480 e. The first kappa shape index (κ1) is 38.0. The second-order valence-electron chi connectivity index (χ2n) is 9.05. The van der Waals surface area contributed by atoms with Crippen LogP contribution >= 0.6 is 0 Å². The molecule has 0 aliphatic rings. The zero-order valence-corrected chi connectivity index (χ0v) is 23.8. The maximum atomic E-state index is 13.3. The molecule has 0 aliphatic heterocycles. The highest BCUT2D eigenvalue weighted by molar-refractivity contribution is 5.94. The summed E-state index contributed by atoms with van der Waals surface area (Å²) in [5.41, 5.74) is 37.2. The highest BCUT2D eigenvalue weighted by Gasteiger charge is 2.29. The van der Waals surface area contributed by atoms with Gasteiger partial charge in [0.15, 0.2) is 11.9 Å². The number of azide groups is 1. The van der Waals surface area contributed by atoms with Crippen molar-refractivity contribution in [2.75, 3.05) is 32.7 Å². The fraction of sp³-hybridized carbons (Fsp3) is 0.682. The molecule has 0 radical (unpaired) electrons. The Morgan fingerprint density at radius 2 is 1.26 bits per heavy atom. The number of carbonyl (C=O) groups is 5. The molecule has 16 N–H and O–H groups in total. The second kappa shape index (κ2) is 22.6. The molecule has 0 bridgehead atoms. The molecule has 0 saturated carbocycles. The molecule has 242 valence electrons. The summed E-state index contributed by atoms with van der Waals surface area (Å²) in [6.45, 7) is -0.208. The van der Waals surface area contributed by atoms with Gasteiger partial charge in [-0.1, -0.05) is 0 Å². The molecule has 0 unspecified atom stereocenters. The summed E-state index contributed by atoms with van der Waals surface area (Å²) in [5.74, 6) is -4.42. The smallest absolute Gasteiger partial charge is 0.326 e. The number of guanidine groups is 2. The number of carbonyl (C=O) groups excluding carboxylic acids is 4. The lowest BCUT2D eigenvalue weighted by Crippen LogP contribution is -2.56. The molecule has 0 spiro atoms. The van der Waals surface area contributed by atoms with E-state index in [2.05, 4.69) is 46.8 Å². The summed E-state index contributed by atoms with van der Waals surface area (Å²) in [5, 5.41) is 22.5. The van der Waals surface area contributed by atoms with Gasteiger partial charge in [-0.15, -0.1) is 5.53 Å². The van der Waals surface area contributed by atoms with Gasteiger partial charge in [0.05, 0.1) is 19.6 Å². The first-order chi connectivity index (χ1) is 20.4. The topological polar surface area (TPSA) is 369 Å². The van der Waals surface area contributed by atoms with Gasteiger partial charge in [-0.25, -0.2) is 4.79 Å². The molecule has 43 heavy (non-hydrogen) atoms. The maximum Gasteiger partial charge on any atom is 0.326 e. The van der Waals surface area contributed by atoms with Crippen LogP contribution in [0.3, 0.4) is 0 Å². The first-order valence-electron chi connectivity index (χ1n) is 13.4. The van der Waals surface area contributed by atoms with Crippen LogP contribution < -0.4 is 55.4 Å². The fourth-order valence-corrected chi connectivity index (χ4v) is 3.48. The Morgan fingerprint density at radius 3 is 1.74 bits per heavy atom. The van der Waals surface area contributed by atoms with E-state index in [0.29, 0.717) is 19.4 Å². The number of unbranched alkanes of at least 4 members (excludes halogenated alkanes) is 1. The van der Waals surface area contributed by atoms with E-state index in [1.165, 1.54) is 0 Å². The van der Waals surface area contributed by atoms with Gasteiger partial charge in [0.2, 0.25) is 23.6 Å². The van der Waals surface area contributed by atoms with E-state index in [1.807, 2.05) is 0 Å². The summed E-state index contributed by atoms with van der Waals surface area (Å²) < 4.78 is 0. The third kappa shape index (κ3) is 19.6. The van der Waals surface area contributed by atoms with Gasteiger partial charge in [0.25, 0.3) is 0 Å². The minimum atomic E-state index is -1.29. The number of nitrogens with one attached hydrogen (secondary N) is 5. The minimum absolute atomic E-state index is 0.0258. The molecule has 0 saturated heterocycles. The van der Waals surface area contributed by atoms with Crippen molar-refractivity contribution in [1.82, 2.24) is 26.7 Å². The number of aliphatic carboxylic acids is 1. The second-order valence-corrected chi connectivity index (χ2v) is 9.05. The van der Waals surface area contributed by atoms with E-state index in [4.69, 9.17) is 34.2 Å². The van der Waals surface area contributed by atoms with E-state index in [9.17, 15) is 29.1 Å². The Kier molecular flexibility index (Phi) is 20.0. The van der Waals surface area contributed by atoms with E-state index in [-0.39, 0.29) is 63.7 Å². The zero-order chi connectivity index (χ0) is 32.6. The summed E-state index contributed by atoms with van der Waals surface area (Å²) in [6.07, 6.45) is 1.49. The molecule has 0 rings (SSSR count). The van der Waals surface area contributed by atoms with Crippen molar-refractivity contribution in [2.24, 2.45) is 43.9 Å². The van der Waals surface area contributed by atoms with Gasteiger partial charge in [-0.2, -0.15) is 4.91 Å². The average molecular weight is 614 g/mol. The van der Waals surface area contributed by atoms with E-state index >= 15 is 0 Å². The van der Waals surface area contributed by atoms with Crippen LogP contribution in [0.1, 0.15) is 44.9 Å². The van der Waals surface area contributed by atoms with E-state index in [0.717, 1.165) is 0 Å². The number of rotatable bonds is 23. The lowest BCUT2D eigenvalue weighted by atomic mass is 10.1. The Bertz CT molecular complexity index is 1020. The van der Waals surface area contributed by atoms with Crippen LogP contribution in [0.5, 0.6) is 0 Å². The van der Waals surface area contributed by atoms with E-state index < -0.39 is 54.3 Å². The van der Waals surface area contributed by atoms with Crippen molar-refractivity contribution in [1.29, 1.82) is 0 Å². The molecule has 0 fully saturated rings. The van der Waals surface area contributed by atoms with Crippen molar-refractivity contribution in [3.05, 3.63) is 10.4 Å². The standard InChI is InChI=1S/C22H43N15O6/c23-11-16(38)31-12-17(39)33-13(6-3-8-29-21(24)25)18(40)34-14(7-4-9-30-22(26)27)19(41)35-15(20(42)43)5-1-2-10-32-37-36-28/h13-15,32H,1-12,23H2,(H,31,38)(H,33,39)(H,34,40)(H,35,41)(H,42,43)(H4,24,25,29)(H4,26,27,30)/t13-,14-,15-/m0/s1. The van der Waals surface area contributed by atoms with Crippen molar-refractivity contribution in [3.63, 3.8) is 0 Å². The van der Waals surface area contributed by atoms with Crippen molar-refractivity contribution >= 4 is 41.5 Å². The Balaban J connectivity index is 5.65. The van der Waals surface area contributed by atoms with Crippen molar-refractivity contribution in [2.45, 2.75) is 63.1 Å². The molecular formula is C22H43N15O6. The van der Waals surface area contributed by atoms with Crippen LogP contribution in [-0.2, 0) is 24.0 Å². The largest absolute Gasteiger partial charge is 0.480 e. The molecule has 21 heteroatoms. The number of hydrogen-bond donors (Lipinski definition) is 11. The number of nitrogens with two attached hydrogens (primary N) is 5. The Morgan fingerprint density at radius 1 is 0.744 bits per heavy atom. The van der Waals surface area contributed by atoms with Gasteiger partial charge >= 0.3 is 5.97 Å². The molecule has 0 aromatic rings. The fourth-order valence-electron chi connectivity index (χ4n) is 3.48. The van der Waals surface area contributed by atoms with Gasteiger partial charge < -0.3 is 55.0 Å². The maximum absolute atomic E-state index is 13.3. The number of hydrogen-bond acceptors (Lipinski definition) is 9. The molecular weight excluding hydrogens is 570 g/mol. The monoisotopic (exact) mass is 613 g/mol. The lowest BCUT2D eigenvalue weighted by Gasteiger charge is -2.24. The summed E-state index contributed by atoms with van der Waals surface area (Å²) in [7, 11) is 0. The molecule has 0 aromatic carbocycles. The quantitative estimate of drug-likeness (QED) is 0.00991. The van der Waals surface area contributed by atoms with Gasteiger partial charge in [-0.3, -0.25) is 34.6 Å². The van der Waals surface area contributed by atoms with Gasteiger partial charge in [0.1, 0.15) is 18.1 Å². The van der Waals surface area contributed by atoms with E-state index in [1.54, 1.807) is 0 Å². The SMILES string of the molecule is [N-]=[N+]=NNCCCC[C@H](NC(=O)[C@H](CCCN=C(N)N)NC(=O)[C@H](CCCN=C(N)N)NC(=O)CNC(=O)CN)C(=O)O. The molecule has 4 amide bonds. The third-order valence-corrected chi connectivity index (χ3v) is 5.57. The van der Waals surface area contributed by atoms with Crippen LogP contribution in [-0.4, -0.2) is 97.5 Å². The van der Waals surface area contributed by atoms with Crippen LogP contribution in [0.15, 0.2) is 15.2 Å². The lowest BCUT2D eigenvalue weighted by molar-refractivity contribution is -0.142. The molecule has 21 nitrogen and oxygen atoms in total. The van der Waals surface area contributed by atoms with Gasteiger partial charge in [-0.05, 0) is 50.2 Å². The summed E-state index contributed by atoms with van der Waals surface area (Å²) >= 11 is 0. The van der Waals surface area contributed by atoms with Crippen LogP contribution in [0.2, 0.25) is 0 Å². The van der Waals surface area contributed by atoms with Crippen LogP contribution in [0.25, 0.3) is 10.4 Å². The molecule has 0 aromatic heterocycles. The number of aliphatic imine (C=N–C) groups is 2. The summed E-state index contributed by atoms with van der Waals surface area (Å²) in [6, 6.07) is -3.65. The molecule has 3 atom stereocenters. The number of carboxylic acid groups (broad SMARTS) is 1. The Labute approximate surface area is 247 Å². The zero-order valence-electron chi connectivity index (χ0n) is 23.8.